The molecule has 27 heavy (non-hydrogen) atoms. The van der Waals surface area contributed by atoms with Gasteiger partial charge in [-0.2, -0.15) is 4.98 Å². The second-order valence-electron chi connectivity index (χ2n) is 6.45. The van der Waals surface area contributed by atoms with Crippen molar-refractivity contribution in [3.8, 4) is 11.4 Å². The van der Waals surface area contributed by atoms with Crippen LogP contribution in [-0.4, -0.2) is 21.0 Å². The zero-order chi connectivity index (χ0) is 18.9. The van der Waals surface area contributed by atoms with Gasteiger partial charge >= 0.3 is 0 Å². The smallest absolute Gasteiger partial charge is 0.227 e. The molecule has 0 aliphatic rings. The first-order valence-electron chi connectivity index (χ1n) is 9.36. The lowest BCUT2D eigenvalue weighted by atomic mass is 10.1. The van der Waals surface area contributed by atoms with Gasteiger partial charge in [0, 0.05) is 36.5 Å². The summed E-state index contributed by atoms with van der Waals surface area (Å²) >= 11 is 0. The molecular weight excluding hydrogens is 340 g/mol. The average Bonchev–Trinajstić information content (AvgIpc) is 3.18. The van der Waals surface area contributed by atoms with Crippen molar-refractivity contribution >= 4 is 11.6 Å². The average molecular weight is 364 g/mol. The maximum absolute atomic E-state index is 12.1. The topological polar surface area (TPSA) is 80.9 Å². The Morgan fingerprint density at radius 2 is 1.81 bits per heavy atom. The van der Waals surface area contributed by atoms with Gasteiger partial charge in [-0.25, -0.2) is 0 Å². The molecule has 0 radical (unpaired) electrons. The van der Waals surface area contributed by atoms with Crippen LogP contribution in [0.3, 0.4) is 0 Å². The molecule has 2 heterocycles. The Morgan fingerprint density at radius 3 is 2.56 bits per heavy atom. The van der Waals surface area contributed by atoms with E-state index >= 15 is 0 Å². The first kappa shape index (κ1) is 18.8. The summed E-state index contributed by atoms with van der Waals surface area (Å²) < 4.78 is 5.22. The van der Waals surface area contributed by atoms with Crippen molar-refractivity contribution in [2.24, 2.45) is 0 Å². The van der Waals surface area contributed by atoms with Gasteiger partial charge in [-0.15, -0.1) is 0 Å². The molecule has 1 N–H and O–H groups in total. The Hall–Kier alpha value is -3.02. The molecule has 6 nitrogen and oxygen atoms in total. The number of nitrogens with zero attached hydrogens (tertiary/aromatic N) is 3. The van der Waals surface area contributed by atoms with E-state index < -0.39 is 0 Å². The van der Waals surface area contributed by atoms with E-state index in [4.69, 9.17) is 4.52 Å². The fourth-order valence-electron chi connectivity index (χ4n) is 2.75. The summed E-state index contributed by atoms with van der Waals surface area (Å²) in [6.45, 7) is 2.20. The van der Waals surface area contributed by atoms with Crippen molar-refractivity contribution in [2.45, 2.75) is 45.4 Å². The highest BCUT2D eigenvalue weighted by Gasteiger charge is 2.11. The molecule has 1 amide bonds. The van der Waals surface area contributed by atoms with Crippen LogP contribution in [0.4, 0.5) is 5.69 Å². The van der Waals surface area contributed by atoms with Crippen LogP contribution in [0, 0.1) is 0 Å². The highest BCUT2D eigenvalue weighted by molar-refractivity contribution is 5.90. The summed E-state index contributed by atoms with van der Waals surface area (Å²) in [7, 11) is 0. The van der Waals surface area contributed by atoms with E-state index in [2.05, 4.69) is 39.5 Å². The molecule has 140 valence electrons. The van der Waals surface area contributed by atoms with Gasteiger partial charge in [-0.05, 0) is 42.7 Å². The molecule has 0 aliphatic heterocycles. The van der Waals surface area contributed by atoms with E-state index in [1.54, 1.807) is 12.4 Å². The fraction of sp³-hybridized carbons (Fsp3) is 0.333. The molecule has 0 atom stereocenters. The van der Waals surface area contributed by atoms with Crippen LogP contribution >= 0.6 is 0 Å². The van der Waals surface area contributed by atoms with Gasteiger partial charge in [0.2, 0.25) is 17.6 Å². The van der Waals surface area contributed by atoms with Crippen molar-refractivity contribution < 1.29 is 9.32 Å². The molecule has 6 heteroatoms. The third-order valence-corrected chi connectivity index (χ3v) is 4.28. The number of rotatable bonds is 9. The van der Waals surface area contributed by atoms with Gasteiger partial charge in [0.1, 0.15) is 0 Å². The lowest BCUT2D eigenvalue weighted by Crippen LogP contribution is -2.12. The van der Waals surface area contributed by atoms with Crippen LogP contribution < -0.4 is 5.32 Å². The Kier molecular flexibility index (Phi) is 6.68. The number of nitrogens with one attached hydrogen (secondary N) is 1. The summed E-state index contributed by atoms with van der Waals surface area (Å²) in [6, 6.07) is 11.7. The van der Waals surface area contributed by atoms with Gasteiger partial charge < -0.3 is 9.84 Å². The number of benzene rings is 1. The maximum Gasteiger partial charge on any atom is 0.227 e. The Morgan fingerprint density at radius 1 is 1.04 bits per heavy atom. The zero-order valence-electron chi connectivity index (χ0n) is 15.5. The zero-order valence-corrected chi connectivity index (χ0v) is 15.5. The van der Waals surface area contributed by atoms with Crippen LogP contribution in [0.25, 0.3) is 11.4 Å². The van der Waals surface area contributed by atoms with Crippen LogP contribution in [0.5, 0.6) is 0 Å². The second kappa shape index (κ2) is 9.62. The van der Waals surface area contributed by atoms with E-state index in [-0.39, 0.29) is 12.3 Å². The van der Waals surface area contributed by atoms with E-state index in [1.165, 1.54) is 24.8 Å². The quantitative estimate of drug-likeness (QED) is 0.568. The fourth-order valence-corrected chi connectivity index (χ4v) is 2.75. The molecule has 3 rings (SSSR count). The lowest BCUT2D eigenvalue weighted by Gasteiger charge is -2.06. The monoisotopic (exact) mass is 364 g/mol. The number of hydrogen-bond donors (Lipinski definition) is 1. The molecule has 0 unspecified atom stereocenters. The summed E-state index contributed by atoms with van der Waals surface area (Å²) in [6.07, 6.45) is 8.79. The van der Waals surface area contributed by atoms with Gasteiger partial charge in [0.25, 0.3) is 0 Å². The minimum Gasteiger partial charge on any atom is -0.339 e. The summed E-state index contributed by atoms with van der Waals surface area (Å²) in [4.78, 5) is 20.4. The second-order valence-corrected chi connectivity index (χ2v) is 6.45. The first-order chi connectivity index (χ1) is 13.2. The van der Waals surface area contributed by atoms with Crippen molar-refractivity contribution in [1.29, 1.82) is 0 Å². The third-order valence-electron chi connectivity index (χ3n) is 4.28. The number of aryl methyl sites for hydroxylation is 2. The van der Waals surface area contributed by atoms with Gasteiger partial charge in [-0.1, -0.05) is 37.1 Å². The standard InChI is InChI=1S/C21H24N4O2/c1-2-3-4-5-16-6-8-18(9-7-16)23-19(26)10-11-20-24-21(25-27-20)17-12-14-22-15-13-17/h6-9,12-15H,2-5,10-11H2,1H3,(H,23,26). The molecule has 0 saturated heterocycles. The lowest BCUT2D eigenvalue weighted by molar-refractivity contribution is -0.116. The predicted molar refractivity (Wildman–Crippen MR) is 104 cm³/mol. The largest absolute Gasteiger partial charge is 0.339 e. The van der Waals surface area contributed by atoms with Crippen molar-refractivity contribution in [3.63, 3.8) is 0 Å². The molecule has 0 fully saturated rings. The number of pyridine rings is 1. The van der Waals surface area contributed by atoms with Crippen molar-refractivity contribution in [2.75, 3.05) is 5.32 Å². The molecule has 0 spiro atoms. The molecule has 0 aliphatic carbocycles. The molecule has 2 aromatic heterocycles. The Bertz CT molecular complexity index is 844. The maximum atomic E-state index is 12.1. The van der Waals surface area contributed by atoms with Crippen molar-refractivity contribution in [1.82, 2.24) is 15.1 Å². The van der Waals surface area contributed by atoms with Crippen LogP contribution in [-0.2, 0) is 17.6 Å². The number of unbranched alkanes of at least 4 members (excludes halogenated alkanes) is 2. The predicted octanol–water partition coefficient (Wildman–Crippen LogP) is 4.44. The number of aromatic nitrogens is 3. The summed E-state index contributed by atoms with van der Waals surface area (Å²) in [5.74, 6) is 0.882. The number of hydrogen-bond acceptors (Lipinski definition) is 5. The number of anilines is 1. The molecule has 0 saturated carbocycles. The molecule has 3 aromatic rings. The minimum absolute atomic E-state index is 0.0719. The first-order valence-corrected chi connectivity index (χ1v) is 9.36. The number of carbonyl (C=O) groups excluding carboxylic acids is 1. The molecule has 0 bridgehead atoms. The number of amides is 1. The van der Waals surface area contributed by atoms with E-state index in [1.807, 2.05) is 24.3 Å². The van der Waals surface area contributed by atoms with Crippen molar-refractivity contribution in [3.05, 3.63) is 60.2 Å². The van der Waals surface area contributed by atoms with Crippen LogP contribution in [0.2, 0.25) is 0 Å². The van der Waals surface area contributed by atoms with Gasteiger partial charge in [-0.3, -0.25) is 9.78 Å². The highest BCUT2D eigenvalue weighted by atomic mass is 16.5. The Labute approximate surface area is 159 Å². The normalized spacial score (nSPS) is 10.7. The van der Waals surface area contributed by atoms with E-state index in [0.717, 1.165) is 17.7 Å². The molecular formula is C21H24N4O2. The summed E-state index contributed by atoms with van der Waals surface area (Å²) in [5.41, 5.74) is 2.95. The highest BCUT2D eigenvalue weighted by Crippen LogP contribution is 2.16. The van der Waals surface area contributed by atoms with Crippen LogP contribution in [0.1, 0.15) is 44.1 Å². The third kappa shape index (κ3) is 5.74. The molecule has 1 aromatic carbocycles. The van der Waals surface area contributed by atoms with E-state index in [0.29, 0.717) is 18.1 Å². The SMILES string of the molecule is CCCCCc1ccc(NC(=O)CCc2nc(-c3ccncc3)no2)cc1. The summed E-state index contributed by atoms with van der Waals surface area (Å²) in [5, 5.41) is 6.85. The van der Waals surface area contributed by atoms with Crippen LogP contribution in [0.15, 0.2) is 53.3 Å². The minimum atomic E-state index is -0.0719. The van der Waals surface area contributed by atoms with E-state index in [9.17, 15) is 4.79 Å². The van der Waals surface area contributed by atoms with Gasteiger partial charge in [0.05, 0.1) is 0 Å². The Balaban J connectivity index is 1.46. The van der Waals surface area contributed by atoms with Gasteiger partial charge in [0.15, 0.2) is 0 Å². The number of carbonyl (C=O) groups is 1.